The van der Waals surface area contributed by atoms with E-state index in [1.54, 1.807) is 6.08 Å². The Kier molecular flexibility index (Phi) is 7.06. The van der Waals surface area contributed by atoms with Crippen LogP contribution in [0.25, 0.3) is 6.08 Å². The van der Waals surface area contributed by atoms with Gasteiger partial charge >= 0.3 is 5.97 Å². The van der Waals surface area contributed by atoms with Crippen LogP contribution >= 0.6 is 0 Å². The maximum atomic E-state index is 11.5. The van der Waals surface area contributed by atoms with E-state index in [0.29, 0.717) is 6.42 Å². The quantitative estimate of drug-likeness (QED) is 0.638. The summed E-state index contributed by atoms with van der Waals surface area (Å²) in [4.78, 5) is 11.5. The lowest BCUT2D eigenvalue weighted by atomic mass is 10.00. The first-order valence-electron chi connectivity index (χ1n) is 7.59. The predicted octanol–water partition coefficient (Wildman–Crippen LogP) is 3.98. The summed E-state index contributed by atoms with van der Waals surface area (Å²) in [5, 5.41) is 10.1. The summed E-state index contributed by atoms with van der Waals surface area (Å²) in [6.07, 6.45) is 6.89. The molecule has 0 saturated carbocycles. The van der Waals surface area contributed by atoms with Crippen molar-refractivity contribution in [1.82, 2.24) is 0 Å². The molecule has 1 N–H and O–H groups in total. The zero-order valence-electron chi connectivity index (χ0n) is 13.8. The zero-order chi connectivity index (χ0) is 16.6. The van der Waals surface area contributed by atoms with Crippen LogP contribution in [0.1, 0.15) is 39.7 Å². The van der Waals surface area contributed by atoms with E-state index in [1.165, 1.54) is 6.08 Å². The van der Waals surface area contributed by atoms with Gasteiger partial charge in [0.2, 0.25) is 0 Å². The predicted molar refractivity (Wildman–Crippen MR) is 90.2 cm³/mol. The maximum absolute atomic E-state index is 11.5. The summed E-state index contributed by atoms with van der Waals surface area (Å²) in [5.41, 5.74) is 0.608. The molecule has 1 rings (SSSR count). The molecule has 0 aliphatic carbocycles. The van der Waals surface area contributed by atoms with Crippen molar-refractivity contribution in [2.24, 2.45) is 5.92 Å². The molecular weight excluding hydrogens is 276 g/mol. The molecule has 0 fully saturated rings. The molecule has 0 aliphatic rings. The second-order valence-electron chi connectivity index (χ2n) is 6.37. The molecule has 1 aromatic carbocycles. The fourth-order valence-electron chi connectivity index (χ4n) is 1.81. The number of benzene rings is 1. The van der Waals surface area contributed by atoms with Crippen LogP contribution in [-0.2, 0) is 9.53 Å². The molecule has 3 nitrogen and oxygen atoms in total. The van der Waals surface area contributed by atoms with Crippen molar-refractivity contribution in [2.75, 3.05) is 0 Å². The van der Waals surface area contributed by atoms with Crippen LogP contribution in [0.2, 0.25) is 0 Å². The van der Waals surface area contributed by atoms with Gasteiger partial charge in [-0.25, -0.2) is 4.79 Å². The van der Waals surface area contributed by atoms with Crippen molar-refractivity contribution in [3.05, 3.63) is 54.1 Å². The van der Waals surface area contributed by atoms with Crippen molar-refractivity contribution < 1.29 is 14.6 Å². The number of hydrogen-bond donors (Lipinski definition) is 1. The molecule has 0 amide bonds. The number of aliphatic hydroxyl groups excluding tert-OH is 1. The van der Waals surface area contributed by atoms with Gasteiger partial charge in [-0.05, 0) is 32.8 Å². The van der Waals surface area contributed by atoms with Gasteiger partial charge in [0, 0.05) is 12.0 Å². The third-order valence-corrected chi connectivity index (χ3v) is 3.04. The molecular formula is C19H26O3. The van der Waals surface area contributed by atoms with Gasteiger partial charge in [0.25, 0.3) is 0 Å². The monoisotopic (exact) mass is 302 g/mol. The molecule has 0 aromatic heterocycles. The lowest BCUT2D eigenvalue weighted by Gasteiger charge is -2.18. The molecule has 0 spiro atoms. The van der Waals surface area contributed by atoms with Gasteiger partial charge in [-0.2, -0.15) is 0 Å². The standard InChI is InChI=1S/C19H26O3/c1-15(13-14-16-9-6-5-7-10-16)17(20)11-8-12-18(21)22-19(2,3)4/h5-10,12-15,17,20H,11H2,1-4H3/b12-8+,14-13+/t15-,17-/m1/s1. The molecule has 0 unspecified atom stereocenters. The highest BCUT2D eigenvalue weighted by Crippen LogP contribution is 2.13. The van der Waals surface area contributed by atoms with E-state index in [0.717, 1.165) is 5.56 Å². The van der Waals surface area contributed by atoms with Crippen molar-refractivity contribution in [3.8, 4) is 0 Å². The number of carbonyl (C=O) groups is 1. The lowest BCUT2D eigenvalue weighted by Crippen LogP contribution is -2.22. The smallest absolute Gasteiger partial charge is 0.330 e. The van der Waals surface area contributed by atoms with E-state index in [-0.39, 0.29) is 11.9 Å². The van der Waals surface area contributed by atoms with Crippen molar-refractivity contribution in [1.29, 1.82) is 0 Å². The Morgan fingerprint density at radius 1 is 1.27 bits per heavy atom. The molecule has 0 saturated heterocycles. The third kappa shape index (κ3) is 7.79. The molecule has 3 heteroatoms. The van der Waals surface area contributed by atoms with Crippen molar-refractivity contribution >= 4 is 12.0 Å². The molecule has 0 aliphatic heterocycles. The van der Waals surface area contributed by atoms with Crippen LogP contribution < -0.4 is 0 Å². The average Bonchev–Trinajstić information content (AvgIpc) is 2.43. The first-order valence-corrected chi connectivity index (χ1v) is 7.59. The van der Waals surface area contributed by atoms with Crippen LogP contribution in [0.5, 0.6) is 0 Å². The second kappa shape index (κ2) is 8.54. The average molecular weight is 302 g/mol. The van der Waals surface area contributed by atoms with Crippen LogP contribution in [0, 0.1) is 5.92 Å². The first kappa shape index (κ1) is 18.2. The third-order valence-electron chi connectivity index (χ3n) is 3.04. The normalized spacial score (nSPS) is 15.1. The van der Waals surface area contributed by atoms with Crippen LogP contribution in [0.4, 0.5) is 0 Å². The topological polar surface area (TPSA) is 46.5 Å². The van der Waals surface area contributed by atoms with Crippen molar-refractivity contribution in [3.63, 3.8) is 0 Å². The van der Waals surface area contributed by atoms with E-state index in [1.807, 2.05) is 70.2 Å². The van der Waals surface area contributed by atoms with E-state index < -0.39 is 11.7 Å². The summed E-state index contributed by atoms with van der Waals surface area (Å²) in [6, 6.07) is 9.95. The van der Waals surface area contributed by atoms with Crippen LogP contribution in [0.3, 0.4) is 0 Å². The molecule has 2 atom stereocenters. The Morgan fingerprint density at radius 3 is 2.50 bits per heavy atom. The Labute approximate surface area is 133 Å². The number of esters is 1. The van der Waals surface area contributed by atoms with Crippen LogP contribution in [-0.4, -0.2) is 22.8 Å². The molecule has 0 heterocycles. The fraction of sp³-hybridized carbons (Fsp3) is 0.421. The molecule has 120 valence electrons. The fourth-order valence-corrected chi connectivity index (χ4v) is 1.81. The highest BCUT2D eigenvalue weighted by molar-refractivity contribution is 5.82. The van der Waals surface area contributed by atoms with Crippen LogP contribution in [0.15, 0.2) is 48.6 Å². The summed E-state index contributed by atoms with van der Waals surface area (Å²) < 4.78 is 5.16. The Morgan fingerprint density at radius 2 is 1.91 bits per heavy atom. The molecule has 1 aromatic rings. The summed E-state index contributed by atoms with van der Waals surface area (Å²) in [7, 11) is 0. The van der Waals surface area contributed by atoms with Gasteiger partial charge in [-0.1, -0.05) is 55.5 Å². The molecule has 0 bridgehead atoms. The Balaban J connectivity index is 2.43. The van der Waals surface area contributed by atoms with Gasteiger partial charge in [0.1, 0.15) is 5.60 Å². The van der Waals surface area contributed by atoms with Gasteiger partial charge in [0.15, 0.2) is 0 Å². The number of hydrogen-bond acceptors (Lipinski definition) is 3. The van der Waals surface area contributed by atoms with Gasteiger partial charge < -0.3 is 9.84 Å². The minimum Gasteiger partial charge on any atom is -0.457 e. The Bertz CT molecular complexity index is 509. The molecule has 0 radical (unpaired) electrons. The van der Waals surface area contributed by atoms with E-state index in [2.05, 4.69) is 0 Å². The minimum atomic E-state index is -0.529. The largest absolute Gasteiger partial charge is 0.457 e. The minimum absolute atomic E-state index is 0.00323. The number of aliphatic hydroxyl groups is 1. The molecule has 22 heavy (non-hydrogen) atoms. The van der Waals surface area contributed by atoms with E-state index in [9.17, 15) is 9.90 Å². The summed E-state index contributed by atoms with van der Waals surface area (Å²) in [5.74, 6) is -0.379. The maximum Gasteiger partial charge on any atom is 0.330 e. The highest BCUT2D eigenvalue weighted by Gasteiger charge is 2.14. The number of rotatable bonds is 6. The second-order valence-corrected chi connectivity index (χ2v) is 6.37. The highest BCUT2D eigenvalue weighted by atomic mass is 16.6. The lowest BCUT2D eigenvalue weighted by molar-refractivity contribution is -0.148. The van der Waals surface area contributed by atoms with Gasteiger partial charge in [-0.15, -0.1) is 0 Å². The van der Waals surface area contributed by atoms with Gasteiger partial charge in [0.05, 0.1) is 6.10 Å². The SMILES string of the molecule is C[C@H](/C=C/c1ccccc1)[C@H](O)C/C=C/C(=O)OC(C)(C)C. The summed E-state index contributed by atoms with van der Waals surface area (Å²) >= 11 is 0. The zero-order valence-corrected chi connectivity index (χ0v) is 13.8. The summed E-state index contributed by atoms with van der Waals surface area (Å²) in [6.45, 7) is 7.42. The Hall–Kier alpha value is -1.87. The van der Waals surface area contributed by atoms with Gasteiger partial charge in [-0.3, -0.25) is 0 Å². The van der Waals surface area contributed by atoms with E-state index in [4.69, 9.17) is 4.74 Å². The number of ether oxygens (including phenoxy) is 1. The van der Waals surface area contributed by atoms with Crippen molar-refractivity contribution in [2.45, 2.75) is 45.8 Å². The number of carbonyl (C=O) groups excluding carboxylic acids is 1. The first-order chi connectivity index (χ1) is 10.3. The van der Waals surface area contributed by atoms with E-state index >= 15 is 0 Å².